The first-order valence-corrected chi connectivity index (χ1v) is 5.25. The van der Waals surface area contributed by atoms with Gasteiger partial charge in [0.15, 0.2) is 0 Å². The van der Waals surface area contributed by atoms with Crippen LogP contribution in [0, 0.1) is 25.2 Å². The van der Waals surface area contributed by atoms with Crippen molar-refractivity contribution in [2.24, 2.45) is 0 Å². The molecule has 16 heavy (non-hydrogen) atoms. The van der Waals surface area contributed by atoms with Gasteiger partial charge in [-0.3, -0.25) is 4.98 Å². The van der Waals surface area contributed by atoms with Crippen molar-refractivity contribution in [2.75, 3.05) is 6.61 Å². The Morgan fingerprint density at radius 2 is 2.12 bits per heavy atom. The molecular weight excluding hydrogens is 224 g/mol. The third-order valence-corrected chi connectivity index (χ3v) is 2.57. The number of thiol groups is 1. The van der Waals surface area contributed by atoms with E-state index in [0.717, 1.165) is 0 Å². The van der Waals surface area contributed by atoms with E-state index < -0.39 is 5.97 Å². The summed E-state index contributed by atoms with van der Waals surface area (Å²) in [6.45, 7) is 5.40. The van der Waals surface area contributed by atoms with E-state index in [1.165, 1.54) is 0 Å². The van der Waals surface area contributed by atoms with E-state index in [4.69, 9.17) is 10.00 Å². The second kappa shape index (κ2) is 4.99. The van der Waals surface area contributed by atoms with Crippen molar-refractivity contribution in [3.63, 3.8) is 0 Å². The number of esters is 1. The lowest BCUT2D eigenvalue weighted by Crippen LogP contribution is -2.11. The molecule has 0 saturated heterocycles. The van der Waals surface area contributed by atoms with Gasteiger partial charge in [0.1, 0.15) is 6.07 Å². The maximum Gasteiger partial charge on any atom is 0.341 e. The fourth-order valence-electron chi connectivity index (χ4n) is 1.41. The Bertz CT molecular complexity index is 478. The number of hydrogen-bond donors (Lipinski definition) is 1. The highest BCUT2D eigenvalue weighted by atomic mass is 32.1. The quantitative estimate of drug-likeness (QED) is 0.630. The van der Waals surface area contributed by atoms with Gasteiger partial charge in [-0.1, -0.05) is 0 Å². The first kappa shape index (κ1) is 12.5. The summed E-state index contributed by atoms with van der Waals surface area (Å²) in [4.78, 5) is 16.1. The number of rotatable bonds is 2. The van der Waals surface area contributed by atoms with Crippen molar-refractivity contribution in [2.45, 2.75) is 25.7 Å². The van der Waals surface area contributed by atoms with E-state index in [-0.39, 0.29) is 12.2 Å². The highest BCUT2D eigenvalue weighted by molar-refractivity contribution is 7.80. The zero-order chi connectivity index (χ0) is 12.3. The summed E-state index contributed by atoms with van der Waals surface area (Å²) in [7, 11) is 0. The van der Waals surface area contributed by atoms with Crippen LogP contribution in [0.25, 0.3) is 0 Å². The van der Waals surface area contributed by atoms with Gasteiger partial charge < -0.3 is 4.74 Å². The molecule has 0 aliphatic heterocycles. The average molecular weight is 236 g/mol. The van der Waals surface area contributed by atoms with Crippen molar-refractivity contribution in [1.29, 1.82) is 5.26 Å². The van der Waals surface area contributed by atoms with E-state index in [0.29, 0.717) is 21.8 Å². The van der Waals surface area contributed by atoms with Crippen LogP contribution in [0.15, 0.2) is 4.90 Å². The molecule has 0 aliphatic carbocycles. The third-order valence-electron chi connectivity index (χ3n) is 2.12. The third kappa shape index (κ3) is 2.17. The van der Waals surface area contributed by atoms with Crippen molar-refractivity contribution in [1.82, 2.24) is 4.98 Å². The van der Waals surface area contributed by atoms with Crippen LogP contribution in [0.5, 0.6) is 0 Å². The highest BCUT2D eigenvalue weighted by Crippen LogP contribution is 2.24. The smallest absolute Gasteiger partial charge is 0.341 e. The summed E-state index contributed by atoms with van der Waals surface area (Å²) in [5.74, 6) is -0.492. The van der Waals surface area contributed by atoms with Crippen LogP contribution in [-0.2, 0) is 4.74 Å². The van der Waals surface area contributed by atoms with Crippen LogP contribution in [0.3, 0.4) is 0 Å². The normalized spacial score (nSPS) is 9.69. The van der Waals surface area contributed by atoms with Crippen molar-refractivity contribution in [3.8, 4) is 6.07 Å². The molecule has 1 aromatic rings. The molecule has 1 heterocycles. The molecule has 0 saturated carbocycles. The average Bonchev–Trinajstić information content (AvgIpc) is 2.17. The Labute approximate surface area is 99.7 Å². The molecule has 0 spiro atoms. The van der Waals surface area contributed by atoms with E-state index >= 15 is 0 Å². The fraction of sp³-hybridized carbons (Fsp3) is 0.364. The van der Waals surface area contributed by atoms with E-state index in [1.807, 2.05) is 6.07 Å². The van der Waals surface area contributed by atoms with Gasteiger partial charge in [0.2, 0.25) is 0 Å². The molecule has 4 nitrogen and oxygen atoms in total. The summed E-state index contributed by atoms with van der Waals surface area (Å²) < 4.78 is 4.89. The van der Waals surface area contributed by atoms with Gasteiger partial charge in [-0.05, 0) is 20.8 Å². The number of carbonyl (C=O) groups excluding carboxylic acids is 1. The lowest BCUT2D eigenvalue weighted by Gasteiger charge is -2.10. The first-order chi connectivity index (χ1) is 7.52. The maximum absolute atomic E-state index is 11.6. The van der Waals surface area contributed by atoms with Crippen molar-refractivity contribution < 1.29 is 9.53 Å². The van der Waals surface area contributed by atoms with Gasteiger partial charge >= 0.3 is 5.97 Å². The predicted octanol–water partition coefficient (Wildman–Crippen LogP) is 2.04. The number of aromatic nitrogens is 1. The molecule has 0 atom stereocenters. The molecule has 5 heteroatoms. The van der Waals surface area contributed by atoms with E-state index in [2.05, 4.69) is 17.6 Å². The lowest BCUT2D eigenvalue weighted by molar-refractivity contribution is 0.0520. The second-order valence-corrected chi connectivity index (χ2v) is 3.66. The number of ether oxygens (including phenoxy) is 1. The number of carbonyl (C=O) groups is 1. The molecule has 0 unspecified atom stereocenters. The van der Waals surface area contributed by atoms with Gasteiger partial charge in [0.25, 0.3) is 0 Å². The van der Waals surface area contributed by atoms with Gasteiger partial charge in [-0.25, -0.2) is 4.79 Å². The summed E-state index contributed by atoms with van der Waals surface area (Å²) in [6, 6.07) is 1.98. The first-order valence-electron chi connectivity index (χ1n) is 4.80. The molecule has 1 rings (SSSR count). The fourth-order valence-corrected chi connectivity index (χ4v) is 1.88. The minimum atomic E-state index is -0.492. The molecule has 1 aromatic heterocycles. The molecule has 0 aromatic carbocycles. The van der Waals surface area contributed by atoms with Gasteiger partial charge in [-0.2, -0.15) is 5.26 Å². The minimum Gasteiger partial charge on any atom is -0.462 e. The van der Waals surface area contributed by atoms with Crippen LogP contribution < -0.4 is 0 Å². The zero-order valence-corrected chi connectivity index (χ0v) is 10.3. The van der Waals surface area contributed by atoms with Crippen LogP contribution in [0.1, 0.15) is 34.2 Å². The zero-order valence-electron chi connectivity index (χ0n) is 9.37. The number of aryl methyl sites for hydroxylation is 2. The standard InChI is InChI=1S/C11H12N2O2S/c1-4-15-11(14)9-7(3)13-6(2)8(5-12)10(9)16/h4H2,1-3H3,(H,13,16). The summed E-state index contributed by atoms with van der Waals surface area (Å²) in [5.41, 5.74) is 1.68. The molecular formula is C11H12N2O2S. The topological polar surface area (TPSA) is 63.0 Å². The molecule has 0 N–H and O–H groups in total. The molecule has 0 amide bonds. The van der Waals surface area contributed by atoms with Gasteiger partial charge in [-0.15, -0.1) is 12.6 Å². The maximum atomic E-state index is 11.6. The number of hydrogen-bond acceptors (Lipinski definition) is 5. The number of nitrogens with zero attached hydrogens (tertiary/aromatic N) is 2. The summed E-state index contributed by atoms with van der Waals surface area (Å²) in [6.07, 6.45) is 0. The summed E-state index contributed by atoms with van der Waals surface area (Å²) in [5, 5.41) is 8.94. The van der Waals surface area contributed by atoms with Crippen LogP contribution in [0.4, 0.5) is 0 Å². The lowest BCUT2D eigenvalue weighted by atomic mass is 10.1. The molecule has 84 valence electrons. The Hall–Kier alpha value is -1.54. The highest BCUT2D eigenvalue weighted by Gasteiger charge is 2.19. The second-order valence-electron chi connectivity index (χ2n) is 3.21. The minimum absolute atomic E-state index is 0.271. The number of pyridine rings is 1. The largest absolute Gasteiger partial charge is 0.462 e. The van der Waals surface area contributed by atoms with Crippen LogP contribution >= 0.6 is 12.6 Å². The van der Waals surface area contributed by atoms with Crippen molar-refractivity contribution in [3.05, 3.63) is 22.5 Å². The Morgan fingerprint density at radius 1 is 1.50 bits per heavy atom. The molecule has 0 radical (unpaired) electrons. The SMILES string of the molecule is CCOC(=O)c1c(C)nc(C)c(C#N)c1S. The van der Waals surface area contributed by atoms with E-state index in [9.17, 15) is 4.79 Å². The monoisotopic (exact) mass is 236 g/mol. The molecule has 0 bridgehead atoms. The Morgan fingerprint density at radius 3 is 2.62 bits per heavy atom. The van der Waals surface area contributed by atoms with Crippen LogP contribution in [-0.4, -0.2) is 17.6 Å². The summed E-state index contributed by atoms with van der Waals surface area (Å²) >= 11 is 4.20. The van der Waals surface area contributed by atoms with Crippen LogP contribution in [0.2, 0.25) is 0 Å². The van der Waals surface area contributed by atoms with Gasteiger partial charge in [0, 0.05) is 4.90 Å². The molecule has 0 aliphatic rings. The van der Waals surface area contributed by atoms with Crippen molar-refractivity contribution >= 4 is 18.6 Å². The molecule has 0 fully saturated rings. The Balaban J connectivity index is 3.41. The van der Waals surface area contributed by atoms with Gasteiger partial charge in [0.05, 0.1) is 29.1 Å². The number of nitriles is 1. The predicted molar refractivity (Wildman–Crippen MR) is 61.6 cm³/mol. The van der Waals surface area contributed by atoms with E-state index in [1.54, 1.807) is 20.8 Å². The Kier molecular flexibility index (Phi) is 3.91.